The van der Waals surface area contributed by atoms with E-state index >= 15 is 0 Å². The van der Waals surface area contributed by atoms with Crippen LogP contribution < -0.4 is 4.57 Å². The Balaban J connectivity index is 0.000000623. The van der Waals surface area contributed by atoms with Gasteiger partial charge in [-0.05, 0) is 60.9 Å². The minimum atomic E-state index is -6.00. The summed E-state index contributed by atoms with van der Waals surface area (Å²) in [4.78, 5) is 0. The molecule has 0 spiro atoms. The fourth-order valence-electron chi connectivity index (χ4n) is 6.64. The van der Waals surface area contributed by atoms with Gasteiger partial charge in [-0.1, -0.05) is 99.3 Å². The lowest BCUT2D eigenvalue weighted by Gasteiger charge is -2.28. The number of aromatic nitrogens is 1. The molecule has 6 heteroatoms. The second-order valence-corrected chi connectivity index (χ2v) is 11.1. The van der Waals surface area contributed by atoms with Crippen LogP contribution in [0.3, 0.4) is 0 Å². The Kier molecular flexibility index (Phi) is 9.27. The maximum absolute atomic E-state index is 9.75. The van der Waals surface area contributed by atoms with Gasteiger partial charge in [0.1, 0.15) is 6.54 Å². The first kappa shape index (κ1) is 29.1. The summed E-state index contributed by atoms with van der Waals surface area (Å²) < 4.78 is 41.8. The van der Waals surface area contributed by atoms with Gasteiger partial charge in [0.05, 0.1) is 0 Å². The van der Waals surface area contributed by atoms with E-state index in [0.29, 0.717) is 0 Å². The molecule has 0 bridgehead atoms. The van der Waals surface area contributed by atoms with Gasteiger partial charge in [-0.25, -0.2) is 0 Å². The summed E-state index contributed by atoms with van der Waals surface area (Å²) in [7, 11) is -6.00. The van der Waals surface area contributed by atoms with Crippen LogP contribution in [0.5, 0.6) is 0 Å². The minimum Gasteiger partial charge on any atom is -0.418 e. The molecule has 214 valence electrons. The summed E-state index contributed by atoms with van der Waals surface area (Å²) in [5.74, 6) is 0. The van der Waals surface area contributed by atoms with Crippen molar-refractivity contribution in [3.8, 4) is 33.6 Å². The largest absolute Gasteiger partial charge is 0.673 e. The van der Waals surface area contributed by atoms with Crippen LogP contribution in [0.2, 0.25) is 0 Å². The summed E-state index contributed by atoms with van der Waals surface area (Å²) in [6, 6.07) is 29.6. The summed E-state index contributed by atoms with van der Waals surface area (Å²) in [6.07, 6.45) is 12.5. The molecule has 0 saturated heterocycles. The Morgan fingerprint density at radius 3 is 1.59 bits per heavy atom. The Hall–Kier alpha value is -3.41. The highest BCUT2D eigenvalue weighted by Crippen LogP contribution is 2.44. The van der Waals surface area contributed by atoms with Gasteiger partial charge in [-0.2, -0.15) is 4.57 Å². The molecule has 2 aliphatic rings. The number of benzene rings is 3. The minimum absolute atomic E-state index is 1.11. The molecule has 0 unspecified atom stereocenters. The highest BCUT2D eigenvalue weighted by Gasteiger charge is 2.37. The SMILES string of the molecule is CCCCCCCC[n+]1c2c(c(-c3ccccc3)c3c1-c1ccccc1CC3)CCc1ccccc1-2.F[B-](F)(F)F. The molecule has 1 aromatic heterocycles. The Labute approximate surface area is 241 Å². The molecule has 0 amide bonds. The number of fused-ring (bicyclic) bond motifs is 6. The maximum atomic E-state index is 9.75. The van der Waals surface area contributed by atoms with Crippen molar-refractivity contribution in [3.63, 3.8) is 0 Å². The van der Waals surface area contributed by atoms with Crippen LogP contribution in [0, 0.1) is 0 Å². The van der Waals surface area contributed by atoms with Gasteiger partial charge < -0.3 is 17.3 Å². The van der Waals surface area contributed by atoms with Gasteiger partial charge in [-0.15, -0.1) is 0 Å². The van der Waals surface area contributed by atoms with E-state index in [-0.39, 0.29) is 0 Å². The first-order chi connectivity index (χ1) is 19.9. The van der Waals surface area contributed by atoms with Crippen molar-refractivity contribution in [2.75, 3.05) is 0 Å². The zero-order valence-electron chi connectivity index (χ0n) is 23.8. The molecule has 0 atom stereocenters. The van der Waals surface area contributed by atoms with E-state index in [9.17, 15) is 17.3 Å². The van der Waals surface area contributed by atoms with Crippen LogP contribution >= 0.6 is 0 Å². The lowest BCUT2D eigenvalue weighted by Crippen LogP contribution is -2.43. The molecular formula is C35H38BF4N. The Morgan fingerprint density at radius 2 is 1.05 bits per heavy atom. The molecule has 2 aliphatic carbocycles. The third-order valence-electron chi connectivity index (χ3n) is 8.35. The number of unbranched alkanes of at least 4 members (excludes halogenated alkanes) is 5. The van der Waals surface area contributed by atoms with Crippen LogP contribution in [-0.4, -0.2) is 7.25 Å². The van der Waals surface area contributed by atoms with E-state index in [2.05, 4.69) is 90.4 Å². The fourth-order valence-corrected chi connectivity index (χ4v) is 6.64. The normalized spacial score (nSPS) is 13.3. The predicted molar refractivity (Wildman–Crippen MR) is 161 cm³/mol. The van der Waals surface area contributed by atoms with Crippen molar-refractivity contribution in [1.29, 1.82) is 0 Å². The van der Waals surface area contributed by atoms with Gasteiger partial charge in [0, 0.05) is 34.2 Å². The summed E-state index contributed by atoms with van der Waals surface area (Å²) in [6.45, 7) is 3.41. The number of rotatable bonds is 8. The van der Waals surface area contributed by atoms with Crippen molar-refractivity contribution in [2.45, 2.75) is 77.7 Å². The molecule has 0 saturated carbocycles. The van der Waals surface area contributed by atoms with Crippen LogP contribution in [-0.2, 0) is 32.2 Å². The van der Waals surface area contributed by atoms with Gasteiger partial charge >= 0.3 is 7.25 Å². The van der Waals surface area contributed by atoms with Gasteiger partial charge in [0.15, 0.2) is 0 Å². The van der Waals surface area contributed by atoms with Crippen LogP contribution in [0.1, 0.15) is 67.7 Å². The molecule has 6 rings (SSSR count). The standard InChI is InChI=1S/C35H38N.BF4/c1-2-3-4-5-6-14-25-36-34-29-19-12-10-15-26(29)21-23-31(34)33(28-17-8-7-9-18-28)32-24-22-27-16-11-13-20-30(27)35(32)36;2-1(3,4)5/h7-13,15-20H,2-6,14,21-25H2,1H3;/q+1;-1. The molecule has 1 heterocycles. The first-order valence-corrected chi connectivity index (χ1v) is 15.1. The summed E-state index contributed by atoms with van der Waals surface area (Å²) >= 11 is 0. The number of hydrogen-bond donors (Lipinski definition) is 0. The van der Waals surface area contributed by atoms with Crippen molar-refractivity contribution in [3.05, 3.63) is 101 Å². The Morgan fingerprint density at radius 1 is 0.585 bits per heavy atom. The number of nitrogens with zero attached hydrogens (tertiary/aromatic N) is 1. The number of pyridine rings is 1. The molecule has 4 aromatic rings. The average Bonchev–Trinajstić information content (AvgIpc) is 2.97. The highest BCUT2D eigenvalue weighted by molar-refractivity contribution is 6.50. The van der Waals surface area contributed by atoms with Crippen LogP contribution in [0.25, 0.3) is 33.6 Å². The van der Waals surface area contributed by atoms with E-state index in [0.717, 1.165) is 32.2 Å². The zero-order chi connectivity index (χ0) is 28.8. The van der Waals surface area contributed by atoms with E-state index < -0.39 is 7.25 Å². The monoisotopic (exact) mass is 559 g/mol. The van der Waals surface area contributed by atoms with Crippen LogP contribution in [0.15, 0.2) is 78.9 Å². The number of aryl methyl sites for hydroxylation is 2. The molecule has 0 aliphatic heterocycles. The molecule has 3 aromatic carbocycles. The summed E-state index contributed by atoms with van der Waals surface area (Å²) in [5, 5.41) is 0. The van der Waals surface area contributed by atoms with Crippen molar-refractivity contribution < 1.29 is 21.8 Å². The van der Waals surface area contributed by atoms with Crippen molar-refractivity contribution in [1.82, 2.24) is 0 Å². The van der Waals surface area contributed by atoms with E-state index in [1.54, 1.807) is 11.1 Å². The van der Waals surface area contributed by atoms with E-state index in [4.69, 9.17) is 0 Å². The third-order valence-corrected chi connectivity index (χ3v) is 8.35. The van der Waals surface area contributed by atoms with Crippen molar-refractivity contribution in [2.24, 2.45) is 0 Å². The van der Waals surface area contributed by atoms with Crippen LogP contribution in [0.4, 0.5) is 17.3 Å². The quantitative estimate of drug-likeness (QED) is 0.0876. The highest BCUT2D eigenvalue weighted by atomic mass is 19.5. The number of hydrogen-bond acceptors (Lipinski definition) is 0. The topological polar surface area (TPSA) is 3.88 Å². The second-order valence-electron chi connectivity index (χ2n) is 11.1. The zero-order valence-corrected chi connectivity index (χ0v) is 23.8. The molecule has 1 nitrogen and oxygen atoms in total. The van der Waals surface area contributed by atoms with Crippen molar-refractivity contribution >= 4 is 7.25 Å². The van der Waals surface area contributed by atoms with Gasteiger partial charge in [0.25, 0.3) is 0 Å². The average molecular weight is 560 g/mol. The maximum Gasteiger partial charge on any atom is 0.673 e. The molecule has 0 N–H and O–H groups in total. The Bertz CT molecular complexity index is 1400. The smallest absolute Gasteiger partial charge is 0.418 e. The fraction of sp³-hybridized carbons (Fsp3) is 0.343. The van der Waals surface area contributed by atoms with E-state index in [1.807, 2.05) is 0 Å². The van der Waals surface area contributed by atoms with E-state index in [1.165, 1.54) is 83.3 Å². The van der Waals surface area contributed by atoms with Gasteiger partial charge in [-0.3, -0.25) is 0 Å². The van der Waals surface area contributed by atoms with Gasteiger partial charge in [0.2, 0.25) is 11.4 Å². The predicted octanol–water partition coefficient (Wildman–Crippen LogP) is 9.83. The second kappa shape index (κ2) is 13.1. The first-order valence-electron chi connectivity index (χ1n) is 15.1. The summed E-state index contributed by atoms with van der Waals surface area (Å²) in [5.41, 5.74) is 14.9. The third kappa shape index (κ3) is 6.74. The molecule has 0 fully saturated rings. The number of halogens is 4. The molecule has 0 radical (unpaired) electrons. The molecular weight excluding hydrogens is 521 g/mol. The lowest BCUT2D eigenvalue weighted by atomic mass is 9.77. The molecule has 41 heavy (non-hydrogen) atoms. The lowest BCUT2D eigenvalue weighted by molar-refractivity contribution is -0.676.